The number of thiazole rings is 1. The van der Waals surface area contributed by atoms with Gasteiger partial charge in [-0.05, 0) is 28.1 Å². The highest BCUT2D eigenvalue weighted by Gasteiger charge is 2.11. The predicted octanol–water partition coefficient (Wildman–Crippen LogP) is 3.61. The van der Waals surface area contributed by atoms with E-state index in [1.54, 1.807) is 0 Å². The molecule has 3 nitrogen and oxygen atoms in total. The van der Waals surface area contributed by atoms with Gasteiger partial charge in [-0.1, -0.05) is 18.2 Å². The summed E-state index contributed by atoms with van der Waals surface area (Å²) < 4.78 is 0.917. The summed E-state index contributed by atoms with van der Waals surface area (Å²) in [6, 6.07) is 10.00. The lowest BCUT2D eigenvalue weighted by molar-refractivity contribution is 0.278. The molecule has 90 valence electrons. The quantitative estimate of drug-likeness (QED) is 0.784. The normalized spacial score (nSPS) is 11.0. The van der Waals surface area contributed by atoms with Crippen LogP contribution in [-0.4, -0.2) is 15.1 Å². The Kier molecular flexibility index (Phi) is 3.11. The summed E-state index contributed by atoms with van der Waals surface area (Å²) >= 11 is 5.01. The van der Waals surface area contributed by atoms with Crippen LogP contribution in [0.4, 0.5) is 0 Å². The molecule has 0 aliphatic heterocycles. The van der Waals surface area contributed by atoms with Gasteiger partial charge in [0.05, 0.1) is 17.8 Å². The molecular formula is C13H9BrN2OS. The number of halogens is 1. The van der Waals surface area contributed by atoms with Gasteiger partial charge >= 0.3 is 0 Å². The fraction of sp³-hybridized carbons (Fsp3) is 0.0769. The van der Waals surface area contributed by atoms with Crippen LogP contribution in [0.2, 0.25) is 0 Å². The van der Waals surface area contributed by atoms with Gasteiger partial charge < -0.3 is 5.11 Å². The zero-order chi connectivity index (χ0) is 12.5. The summed E-state index contributed by atoms with van der Waals surface area (Å²) in [5.41, 5.74) is 2.44. The SMILES string of the molecule is OCc1csc(-c2nc3ccccc3cc2Br)n1. The smallest absolute Gasteiger partial charge is 0.143 e. The highest BCUT2D eigenvalue weighted by molar-refractivity contribution is 9.10. The van der Waals surface area contributed by atoms with Crippen LogP contribution < -0.4 is 0 Å². The third kappa shape index (κ3) is 2.05. The molecule has 0 atom stereocenters. The summed E-state index contributed by atoms with van der Waals surface area (Å²) in [6.45, 7) is -0.0400. The van der Waals surface area contributed by atoms with E-state index in [9.17, 15) is 0 Å². The maximum atomic E-state index is 9.05. The van der Waals surface area contributed by atoms with Gasteiger partial charge in [-0.3, -0.25) is 0 Å². The standard InChI is InChI=1S/C13H9BrN2OS/c14-10-5-8-3-1-2-4-11(8)16-12(10)13-15-9(6-17)7-18-13/h1-5,7,17H,6H2. The molecule has 1 N–H and O–H groups in total. The van der Waals surface area contributed by atoms with Gasteiger partial charge in [0, 0.05) is 15.2 Å². The maximum Gasteiger partial charge on any atom is 0.143 e. The zero-order valence-corrected chi connectivity index (χ0v) is 11.7. The fourth-order valence-corrected chi connectivity index (χ4v) is 3.19. The van der Waals surface area contributed by atoms with Gasteiger partial charge in [-0.2, -0.15) is 0 Å². The Hall–Kier alpha value is -1.30. The highest BCUT2D eigenvalue weighted by atomic mass is 79.9. The molecule has 0 saturated carbocycles. The Morgan fingerprint density at radius 2 is 2.06 bits per heavy atom. The Balaban J connectivity index is 2.19. The van der Waals surface area contributed by atoms with Gasteiger partial charge in [-0.25, -0.2) is 9.97 Å². The monoisotopic (exact) mass is 320 g/mol. The number of benzene rings is 1. The summed E-state index contributed by atoms with van der Waals surface area (Å²) in [6.07, 6.45) is 0. The van der Waals surface area contributed by atoms with Crippen LogP contribution in [0.1, 0.15) is 5.69 Å². The topological polar surface area (TPSA) is 46.0 Å². The largest absolute Gasteiger partial charge is 0.390 e. The maximum absolute atomic E-state index is 9.05. The summed E-state index contributed by atoms with van der Waals surface area (Å²) in [7, 11) is 0. The number of fused-ring (bicyclic) bond motifs is 1. The van der Waals surface area contributed by atoms with Crippen molar-refractivity contribution in [2.75, 3.05) is 0 Å². The van der Waals surface area contributed by atoms with Gasteiger partial charge in [0.25, 0.3) is 0 Å². The van der Waals surface area contributed by atoms with Crippen LogP contribution in [0.15, 0.2) is 40.2 Å². The lowest BCUT2D eigenvalue weighted by Gasteiger charge is -2.03. The van der Waals surface area contributed by atoms with Crippen molar-refractivity contribution >= 4 is 38.2 Å². The van der Waals surface area contributed by atoms with E-state index in [1.807, 2.05) is 35.7 Å². The summed E-state index contributed by atoms with van der Waals surface area (Å²) in [5.74, 6) is 0. The Morgan fingerprint density at radius 3 is 2.83 bits per heavy atom. The number of hydrogen-bond acceptors (Lipinski definition) is 4. The first-order chi connectivity index (χ1) is 8.78. The molecule has 0 unspecified atom stereocenters. The molecule has 2 aromatic heterocycles. The number of hydrogen-bond donors (Lipinski definition) is 1. The molecule has 18 heavy (non-hydrogen) atoms. The Labute approximate surface area is 116 Å². The van der Waals surface area contributed by atoms with Crippen molar-refractivity contribution in [3.05, 3.63) is 45.9 Å². The zero-order valence-electron chi connectivity index (χ0n) is 9.30. The minimum Gasteiger partial charge on any atom is -0.390 e. The molecule has 0 spiro atoms. The van der Waals surface area contributed by atoms with Crippen molar-refractivity contribution in [2.45, 2.75) is 6.61 Å². The number of nitrogens with zero attached hydrogens (tertiary/aromatic N) is 2. The molecule has 3 rings (SSSR count). The van der Waals surface area contributed by atoms with Crippen LogP contribution in [0.25, 0.3) is 21.6 Å². The van der Waals surface area contributed by atoms with Crippen molar-refractivity contribution < 1.29 is 5.11 Å². The Morgan fingerprint density at radius 1 is 1.22 bits per heavy atom. The molecule has 0 bridgehead atoms. The lowest BCUT2D eigenvalue weighted by atomic mass is 10.2. The molecule has 0 radical (unpaired) electrons. The van der Waals surface area contributed by atoms with Gasteiger partial charge in [0.2, 0.25) is 0 Å². The van der Waals surface area contributed by atoms with Crippen LogP contribution in [-0.2, 0) is 6.61 Å². The summed E-state index contributed by atoms with van der Waals surface area (Å²) in [4.78, 5) is 8.95. The average molecular weight is 321 g/mol. The molecule has 0 saturated heterocycles. The molecule has 0 amide bonds. The second kappa shape index (κ2) is 4.76. The van der Waals surface area contributed by atoms with Crippen LogP contribution >= 0.6 is 27.3 Å². The first-order valence-electron chi connectivity index (χ1n) is 5.39. The van der Waals surface area contributed by atoms with E-state index in [0.717, 1.165) is 26.1 Å². The highest BCUT2D eigenvalue weighted by Crippen LogP contribution is 2.31. The van der Waals surface area contributed by atoms with Gasteiger partial charge in [0.1, 0.15) is 10.7 Å². The van der Waals surface area contributed by atoms with E-state index in [2.05, 4.69) is 25.9 Å². The summed E-state index contributed by atoms with van der Waals surface area (Å²) in [5, 5.41) is 12.8. The van der Waals surface area contributed by atoms with E-state index in [1.165, 1.54) is 11.3 Å². The van der Waals surface area contributed by atoms with Crippen molar-refractivity contribution in [2.24, 2.45) is 0 Å². The average Bonchev–Trinajstić information content (AvgIpc) is 2.86. The molecule has 0 aliphatic rings. The molecule has 0 fully saturated rings. The number of pyridine rings is 1. The van der Waals surface area contributed by atoms with E-state index in [4.69, 9.17) is 5.11 Å². The first kappa shape index (κ1) is 11.8. The number of para-hydroxylation sites is 1. The molecule has 3 aromatic rings. The number of aliphatic hydroxyl groups is 1. The van der Waals surface area contributed by atoms with Crippen molar-refractivity contribution in [1.82, 2.24) is 9.97 Å². The predicted molar refractivity (Wildman–Crippen MR) is 76.5 cm³/mol. The molecule has 0 aliphatic carbocycles. The first-order valence-corrected chi connectivity index (χ1v) is 7.06. The molecule has 2 heterocycles. The van der Waals surface area contributed by atoms with Gasteiger partial charge in [0.15, 0.2) is 0 Å². The molecule has 1 aromatic carbocycles. The molecular weight excluding hydrogens is 312 g/mol. The third-order valence-corrected chi connectivity index (χ3v) is 4.10. The minimum atomic E-state index is -0.0400. The van der Waals surface area contributed by atoms with Gasteiger partial charge in [-0.15, -0.1) is 11.3 Å². The third-order valence-electron chi connectivity index (χ3n) is 2.59. The van der Waals surface area contributed by atoms with Crippen molar-refractivity contribution in [1.29, 1.82) is 0 Å². The second-order valence-corrected chi connectivity index (χ2v) is 5.53. The number of rotatable bonds is 2. The number of aliphatic hydroxyl groups excluding tert-OH is 1. The van der Waals surface area contributed by atoms with Crippen LogP contribution in [0.5, 0.6) is 0 Å². The van der Waals surface area contributed by atoms with Crippen LogP contribution in [0.3, 0.4) is 0 Å². The minimum absolute atomic E-state index is 0.0400. The Bertz CT molecular complexity index is 711. The van der Waals surface area contributed by atoms with E-state index in [0.29, 0.717) is 5.69 Å². The van der Waals surface area contributed by atoms with Crippen LogP contribution in [0, 0.1) is 0 Å². The van der Waals surface area contributed by atoms with E-state index >= 15 is 0 Å². The van der Waals surface area contributed by atoms with Crippen molar-refractivity contribution in [3.63, 3.8) is 0 Å². The molecule has 5 heteroatoms. The lowest BCUT2D eigenvalue weighted by Crippen LogP contribution is -1.88. The van der Waals surface area contributed by atoms with E-state index in [-0.39, 0.29) is 6.61 Å². The van der Waals surface area contributed by atoms with E-state index < -0.39 is 0 Å². The fourth-order valence-electron chi connectivity index (χ4n) is 1.73. The number of aromatic nitrogens is 2. The van der Waals surface area contributed by atoms with Crippen molar-refractivity contribution in [3.8, 4) is 10.7 Å². The second-order valence-electron chi connectivity index (χ2n) is 3.81.